The highest BCUT2D eigenvalue weighted by Crippen LogP contribution is 2.32. The molecule has 4 aromatic rings. The molecule has 0 spiro atoms. The van der Waals surface area contributed by atoms with Crippen molar-refractivity contribution in [1.29, 1.82) is 0 Å². The van der Waals surface area contributed by atoms with Crippen LogP contribution in [-0.2, 0) is 16.6 Å². The van der Waals surface area contributed by atoms with E-state index < -0.39 is 29.8 Å². The Morgan fingerprint density at radius 3 is 2.77 bits per heavy atom. The molecule has 39 heavy (non-hydrogen) atoms. The molecule has 4 heterocycles. The van der Waals surface area contributed by atoms with Gasteiger partial charge < -0.3 is 10.1 Å². The van der Waals surface area contributed by atoms with Crippen molar-refractivity contribution in [2.24, 2.45) is 7.05 Å². The van der Waals surface area contributed by atoms with Crippen LogP contribution in [0.15, 0.2) is 55.0 Å². The zero-order chi connectivity index (χ0) is 27.5. The molecule has 0 unspecified atom stereocenters. The Balaban J connectivity index is 1.42. The maximum Gasteiger partial charge on any atom is 0.320 e. The zero-order valence-corrected chi connectivity index (χ0v) is 21.6. The van der Waals surface area contributed by atoms with E-state index in [1.807, 2.05) is 26.2 Å². The van der Waals surface area contributed by atoms with Gasteiger partial charge in [0.1, 0.15) is 17.6 Å². The first-order valence-corrected chi connectivity index (χ1v) is 12.3. The molecular weight excluding hydrogens is 510 g/mol. The van der Waals surface area contributed by atoms with E-state index in [0.717, 1.165) is 17.7 Å². The maximum absolute atomic E-state index is 14.0. The van der Waals surface area contributed by atoms with Crippen molar-refractivity contribution >= 4 is 11.8 Å². The van der Waals surface area contributed by atoms with Crippen LogP contribution >= 0.6 is 0 Å². The van der Waals surface area contributed by atoms with Crippen LogP contribution in [0.1, 0.15) is 17.2 Å². The van der Waals surface area contributed by atoms with Crippen molar-refractivity contribution in [2.75, 3.05) is 32.1 Å². The minimum atomic E-state index is -0.993. The summed E-state index contributed by atoms with van der Waals surface area (Å²) >= 11 is 0. The van der Waals surface area contributed by atoms with Gasteiger partial charge >= 0.3 is 6.03 Å². The highest BCUT2D eigenvalue weighted by Gasteiger charge is 2.37. The van der Waals surface area contributed by atoms with Crippen molar-refractivity contribution in [3.05, 3.63) is 77.8 Å². The number of amides is 2. The largest absolute Gasteiger partial charge is 0.383 e. The molecule has 0 aliphatic carbocycles. The van der Waals surface area contributed by atoms with Crippen LogP contribution in [0, 0.1) is 18.6 Å². The van der Waals surface area contributed by atoms with E-state index >= 15 is 0 Å². The summed E-state index contributed by atoms with van der Waals surface area (Å²) in [5.74, 6) is -1.02. The van der Waals surface area contributed by atoms with Gasteiger partial charge in [0.15, 0.2) is 17.5 Å². The molecule has 1 fully saturated rings. The molecule has 2 N–H and O–H groups in total. The number of nitrogens with zero attached hydrogens (tertiary/aromatic N) is 6. The zero-order valence-electron chi connectivity index (χ0n) is 21.6. The molecule has 2 atom stereocenters. The summed E-state index contributed by atoms with van der Waals surface area (Å²) in [4.78, 5) is 23.7. The molecule has 1 aromatic carbocycles. The van der Waals surface area contributed by atoms with E-state index in [1.165, 1.54) is 6.07 Å². The van der Waals surface area contributed by atoms with E-state index in [9.17, 15) is 13.6 Å². The number of anilines is 1. The predicted molar refractivity (Wildman–Crippen MR) is 138 cm³/mol. The number of hydrogen-bond donors (Lipinski definition) is 2. The first-order valence-electron chi connectivity index (χ1n) is 12.3. The van der Waals surface area contributed by atoms with Crippen LogP contribution in [-0.4, -0.2) is 68.5 Å². The lowest BCUT2D eigenvalue weighted by atomic mass is 10.0. The number of methoxy groups -OCH3 is 1. The van der Waals surface area contributed by atoms with E-state index in [0.29, 0.717) is 48.2 Å². The van der Waals surface area contributed by atoms with Crippen molar-refractivity contribution < 1.29 is 23.1 Å². The van der Waals surface area contributed by atoms with Crippen LogP contribution in [0.3, 0.4) is 0 Å². The van der Waals surface area contributed by atoms with Crippen LogP contribution in [0.5, 0.6) is 0 Å². The normalized spacial score (nSPS) is 17.5. The molecule has 11 nitrogen and oxygen atoms in total. The van der Waals surface area contributed by atoms with E-state index in [-0.39, 0.29) is 0 Å². The molecule has 0 radical (unpaired) electrons. The molecule has 13 heteroatoms. The van der Waals surface area contributed by atoms with Gasteiger partial charge in [-0.2, -0.15) is 19.9 Å². The number of hydrogen-bond acceptors (Lipinski definition) is 7. The number of aromatic nitrogens is 5. The van der Waals surface area contributed by atoms with Gasteiger partial charge in [-0.05, 0) is 36.8 Å². The van der Waals surface area contributed by atoms with Gasteiger partial charge in [0.25, 0.3) is 0 Å². The summed E-state index contributed by atoms with van der Waals surface area (Å²) in [5, 5.41) is 16.4. The smallest absolute Gasteiger partial charge is 0.320 e. The summed E-state index contributed by atoms with van der Waals surface area (Å²) in [6.45, 7) is 2.97. The van der Waals surface area contributed by atoms with Gasteiger partial charge in [-0.25, -0.2) is 18.6 Å². The van der Waals surface area contributed by atoms with Gasteiger partial charge in [0, 0.05) is 50.8 Å². The number of carbonyl (C=O) groups is 1. The Morgan fingerprint density at radius 1 is 1.23 bits per heavy atom. The fourth-order valence-electron chi connectivity index (χ4n) is 4.45. The average molecular weight is 539 g/mol. The molecule has 1 aliphatic heterocycles. The lowest BCUT2D eigenvalue weighted by Crippen LogP contribution is -2.42. The van der Waals surface area contributed by atoms with Crippen molar-refractivity contribution in [2.45, 2.75) is 19.1 Å². The highest BCUT2D eigenvalue weighted by molar-refractivity contribution is 5.91. The molecule has 5 rings (SSSR count). The first-order chi connectivity index (χ1) is 18.8. The monoisotopic (exact) mass is 538 g/mol. The lowest BCUT2D eigenvalue weighted by molar-refractivity contribution is -0.154. The summed E-state index contributed by atoms with van der Waals surface area (Å²) in [5.41, 5.74) is 2.53. The van der Waals surface area contributed by atoms with Gasteiger partial charge in [0.05, 0.1) is 18.8 Å². The maximum atomic E-state index is 14.0. The number of nitrogens with one attached hydrogen (secondary N) is 2. The summed E-state index contributed by atoms with van der Waals surface area (Å²) in [6.07, 6.45) is 4.42. The van der Waals surface area contributed by atoms with Gasteiger partial charge in [0.2, 0.25) is 0 Å². The van der Waals surface area contributed by atoms with Crippen LogP contribution in [0.4, 0.5) is 19.4 Å². The van der Waals surface area contributed by atoms with E-state index in [1.54, 1.807) is 46.1 Å². The lowest BCUT2D eigenvalue weighted by Gasteiger charge is -2.19. The summed E-state index contributed by atoms with van der Waals surface area (Å²) in [6, 6.07) is 7.85. The Hall–Kier alpha value is -4.20. The number of pyridine rings is 1. The standard InChI is InChI=1S/C26H28F2N8O3/c1-16-23(18-13-30-34(2)14-18)33-36(22-6-4-5-9-29-22)25(16)32-26(37)31-21-15-35(10-11-38-3)39-24(21)17-7-8-19(27)20(28)12-17/h4-9,12-14,21,24H,10-11,15H2,1-3H3,(H2,31,32,37)/t21-,24+/m1/s1. The van der Waals surface area contributed by atoms with Crippen LogP contribution < -0.4 is 10.6 Å². The van der Waals surface area contributed by atoms with E-state index in [2.05, 4.69) is 20.7 Å². The molecule has 1 saturated heterocycles. The number of carbonyl (C=O) groups excluding carboxylic acids is 1. The summed E-state index contributed by atoms with van der Waals surface area (Å²) in [7, 11) is 3.38. The number of ether oxygens (including phenoxy) is 1. The third-order valence-corrected chi connectivity index (χ3v) is 6.36. The Kier molecular flexibility index (Phi) is 7.63. The number of benzene rings is 1. The Bertz CT molecular complexity index is 1460. The molecule has 0 bridgehead atoms. The van der Waals surface area contributed by atoms with Crippen LogP contribution in [0.25, 0.3) is 17.1 Å². The second kappa shape index (κ2) is 11.3. The predicted octanol–water partition coefficient (Wildman–Crippen LogP) is 3.38. The van der Waals surface area contributed by atoms with Crippen molar-refractivity contribution in [3.63, 3.8) is 0 Å². The van der Waals surface area contributed by atoms with E-state index in [4.69, 9.17) is 14.7 Å². The number of urea groups is 1. The highest BCUT2D eigenvalue weighted by atomic mass is 19.2. The Labute approximate surface area is 223 Å². The molecule has 3 aromatic heterocycles. The second-order valence-electron chi connectivity index (χ2n) is 9.11. The third kappa shape index (κ3) is 5.65. The molecule has 1 aliphatic rings. The average Bonchev–Trinajstić information content (AvgIpc) is 3.62. The Morgan fingerprint density at radius 2 is 2.08 bits per heavy atom. The fourth-order valence-corrected chi connectivity index (χ4v) is 4.45. The number of halogens is 2. The minimum absolute atomic E-state index is 0.305. The van der Waals surface area contributed by atoms with Crippen molar-refractivity contribution in [3.8, 4) is 17.1 Å². The van der Waals surface area contributed by atoms with Crippen molar-refractivity contribution in [1.82, 2.24) is 34.9 Å². The second-order valence-corrected chi connectivity index (χ2v) is 9.11. The minimum Gasteiger partial charge on any atom is -0.383 e. The third-order valence-electron chi connectivity index (χ3n) is 6.36. The van der Waals surface area contributed by atoms with Gasteiger partial charge in [-0.3, -0.25) is 14.8 Å². The number of aryl methyl sites for hydroxylation is 1. The van der Waals surface area contributed by atoms with Crippen LogP contribution in [0.2, 0.25) is 0 Å². The number of rotatable bonds is 8. The molecule has 2 amide bonds. The first kappa shape index (κ1) is 26.4. The molecule has 204 valence electrons. The number of hydroxylamine groups is 2. The summed E-state index contributed by atoms with van der Waals surface area (Å²) < 4.78 is 36.0. The quantitative estimate of drug-likeness (QED) is 0.354. The topological polar surface area (TPSA) is 111 Å². The molecule has 0 saturated carbocycles. The van der Waals surface area contributed by atoms with Gasteiger partial charge in [-0.15, -0.1) is 0 Å². The molecular formula is C26H28F2N8O3. The fraction of sp³-hybridized carbons (Fsp3) is 0.308. The van der Waals surface area contributed by atoms with Gasteiger partial charge in [-0.1, -0.05) is 12.1 Å². The SMILES string of the molecule is COCCN1C[C@@H](NC(=O)Nc2c(C)c(-c3cnn(C)c3)nn2-c2ccccn2)[C@H](c2ccc(F)c(F)c2)O1.